The number of Topliss-reactive ketones (excluding diaryl/α,β-unsaturated/α-hetero) is 1. The van der Waals surface area contributed by atoms with Crippen LogP contribution < -0.4 is 0 Å². The molecule has 4 aromatic carbocycles. The van der Waals surface area contributed by atoms with E-state index in [2.05, 4.69) is 0 Å². The van der Waals surface area contributed by atoms with Crippen molar-refractivity contribution in [2.75, 3.05) is 0 Å². The summed E-state index contributed by atoms with van der Waals surface area (Å²) < 4.78 is 6.65. The Kier molecular flexibility index (Phi) is 3.95. The summed E-state index contributed by atoms with van der Waals surface area (Å²) in [6, 6.07) is 34.2. The molecule has 4 nitrogen and oxygen atoms in total. The van der Waals surface area contributed by atoms with E-state index in [0.29, 0.717) is 11.1 Å². The van der Waals surface area contributed by atoms with Crippen molar-refractivity contribution in [1.82, 2.24) is 0 Å². The number of rotatable bonds is 2. The first kappa shape index (κ1) is 18.2. The summed E-state index contributed by atoms with van der Waals surface area (Å²) >= 11 is 0. The van der Waals surface area contributed by atoms with E-state index in [-0.39, 0.29) is 5.78 Å². The number of hydrogen-bond donors (Lipinski definition) is 0. The van der Waals surface area contributed by atoms with Crippen LogP contribution in [0.5, 0.6) is 0 Å². The van der Waals surface area contributed by atoms with Gasteiger partial charge in [0.15, 0.2) is 0 Å². The number of carbonyl (C=O) groups is 1. The van der Waals surface area contributed by atoms with Gasteiger partial charge in [0.05, 0.1) is 0 Å². The van der Waals surface area contributed by atoms with Gasteiger partial charge in [0.25, 0.3) is 11.6 Å². The lowest BCUT2D eigenvalue weighted by Gasteiger charge is -2.33. The maximum Gasteiger partial charge on any atom is 0.295 e. The van der Waals surface area contributed by atoms with Crippen molar-refractivity contribution in [1.29, 1.82) is 0 Å². The van der Waals surface area contributed by atoms with E-state index in [1.54, 1.807) is 6.07 Å². The molecule has 4 aromatic rings. The highest BCUT2D eigenvalue weighted by atomic mass is 17.3. The molecule has 1 heterocycles. The quantitative estimate of drug-likeness (QED) is 0.408. The highest BCUT2D eigenvalue weighted by Gasteiger charge is 2.62. The van der Waals surface area contributed by atoms with E-state index in [4.69, 9.17) is 14.5 Å². The number of carbonyl (C=O) groups excluding carboxylic acids is 1. The molecule has 1 spiro atoms. The van der Waals surface area contributed by atoms with Crippen molar-refractivity contribution < 1.29 is 19.3 Å². The van der Waals surface area contributed by atoms with Gasteiger partial charge in [-0.1, -0.05) is 109 Å². The van der Waals surface area contributed by atoms with Crippen LogP contribution in [-0.2, 0) is 26.1 Å². The second-order valence-electron chi connectivity index (χ2n) is 7.65. The molecule has 150 valence electrons. The lowest BCUT2D eigenvalue weighted by molar-refractivity contribution is -0.338. The zero-order valence-electron chi connectivity index (χ0n) is 16.5. The van der Waals surface area contributed by atoms with Gasteiger partial charge in [0, 0.05) is 22.3 Å². The van der Waals surface area contributed by atoms with Crippen molar-refractivity contribution in [3.8, 4) is 11.1 Å². The first-order valence-electron chi connectivity index (χ1n) is 10.2. The number of hydrogen-bond acceptors (Lipinski definition) is 4. The Morgan fingerprint density at radius 3 is 1.61 bits per heavy atom. The molecule has 1 aliphatic heterocycles. The van der Waals surface area contributed by atoms with Crippen molar-refractivity contribution in [2.24, 2.45) is 0 Å². The topological polar surface area (TPSA) is 44.8 Å². The van der Waals surface area contributed by atoms with Gasteiger partial charge in [-0.2, -0.15) is 9.78 Å². The monoisotopic (exact) mass is 406 g/mol. The molecular weight excluding hydrogens is 388 g/mol. The smallest absolute Gasteiger partial charge is 0.294 e. The third kappa shape index (κ3) is 2.50. The fourth-order valence-corrected chi connectivity index (χ4v) is 4.45. The van der Waals surface area contributed by atoms with Crippen molar-refractivity contribution in [3.63, 3.8) is 0 Å². The van der Waals surface area contributed by atoms with Crippen LogP contribution in [0.25, 0.3) is 11.1 Å². The zero-order valence-corrected chi connectivity index (χ0v) is 16.5. The summed E-state index contributed by atoms with van der Waals surface area (Å²) in [6.07, 6.45) is 0. The van der Waals surface area contributed by atoms with E-state index in [0.717, 1.165) is 22.3 Å². The Labute approximate surface area is 179 Å². The Balaban J connectivity index is 1.59. The molecule has 0 radical (unpaired) electrons. The third-order valence-corrected chi connectivity index (χ3v) is 5.91. The van der Waals surface area contributed by atoms with E-state index in [9.17, 15) is 4.79 Å². The minimum atomic E-state index is -1.71. The molecule has 0 amide bonds. The van der Waals surface area contributed by atoms with Crippen LogP contribution in [0.15, 0.2) is 109 Å². The number of ketones is 1. The molecule has 1 fully saturated rings. The van der Waals surface area contributed by atoms with Gasteiger partial charge < -0.3 is 0 Å². The molecule has 1 unspecified atom stereocenters. The number of benzene rings is 4. The average molecular weight is 406 g/mol. The van der Waals surface area contributed by atoms with E-state index < -0.39 is 11.6 Å². The second-order valence-corrected chi connectivity index (χ2v) is 7.65. The SMILES string of the molecule is O=C1c2ccccc2-c2ccccc2C12OOC(c1ccccc1)(c1ccccc1)O2. The van der Waals surface area contributed by atoms with Gasteiger partial charge in [-0.05, 0) is 11.1 Å². The number of ether oxygens (including phenoxy) is 1. The molecule has 4 heteroatoms. The summed E-state index contributed by atoms with van der Waals surface area (Å²) in [4.78, 5) is 25.8. The highest BCUT2D eigenvalue weighted by molar-refractivity contribution is 6.11. The van der Waals surface area contributed by atoms with E-state index in [1.165, 1.54) is 0 Å². The van der Waals surface area contributed by atoms with E-state index in [1.807, 2.05) is 103 Å². The summed E-state index contributed by atoms with van der Waals surface area (Å²) in [5.74, 6) is -3.38. The normalized spacial score (nSPS) is 21.0. The molecule has 31 heavy (non-hydrogen) atoms. The summed E-state index contributed by atoms with van der Waals surface area (Å²) in [5.41, 5.74) is 4.40. The van der Waals surface area contributed by atoms with Gasteiger partial charge in [-0.3, -0.25) is 9.53 Å². The standard InChI is InChI=1S/C27H18O4/c28-25-23-17-8-7-15-21(23)22-16-9-10-18-24(22)27(25)29-26(30-31-27,19-11-3-1-4-12-19)20-13-5-2-6-14-20/h1-18H. The molecule has 0 N–H and O–H groups in total. The maximum atomic E-state index is 13.8. The molecule has 1 atom stereocenters. The second kappa shape index (κ2) is 6.72. The van der Waals surface area contributed by atoms with Crippen LogP contribution in [0.3, 0.4) is 0 Å². The van der Waals surface area contributed by atoms with Crippen LogP contribution in [0.2, 0.25) is 0 Å². The zero-order chi connectivity index (χ0) is 20.9. The minimum absolute atomic E-state index is 0.282. The van der Waals surface area contributed by atoms with Crippen molar-refractivity contribution >= 4 is 5.78 Å². The van der Waals surface area contributed by atoms with Gasteiger partial charge in [0.2, 0.25) is 5.78 Å². The molecule has 6 rings (SSSR count). The molecule has 0 saturated carbocycles. The summed E-state index contributed by atoms with van der Waals surface area (Å²) in [6.45, 7) is 0. The number of fused-ring (bicyclic) bond motifs is 4. The predicted octanol–water partition coefficient (Wildman–Crippen LogP) is 5.58. The molecule has 2 aliphatic rings. The van der Waals surface area contributed by atoms with Crippen molar-refractivity contribution in [3.05, 3.63) is 131 Å². The fourth-order valence-electron chi connectivity index (χ4n) is 4.45. The highest BCUT2D eigenvalue weighted by Crippen LogP contribution is 2.54. The van der Waals surface area contributed by atoms with Crippen molar-refractivity contribution in [2.45, 2.75) is 11.6 Å². The minimum Gasteiger partial charge on any atom is -0.294 e. The molecular formula is C27H18O4. The Bertz CT molecular complexity index is 1240. The Morgan fingerprint density at radius 1 is 0.484 bits per heavy atom. The van der Waals surface area contributed by atoms with Gasteiger partial charge in [0.1, 0.15) is 0 Å². The van der Waals surface area contributed by atoms with Gasteiger partial charge >= 0.3 is 0 Å². The molecule has 0 aromatic heterocycles. The molecule has 0 bridgehead atoms. The van der Waals surface area contributed by atoms with Gasteiger partial charge in [-0.15, -0.1) is 0 Å². The van der Waals surface area contributed by atoms with Crippen LogP contribution in [0, 0.1) is 0 Å². The lowest BCUT2D eigenvalue weighted by atomic mass is 9.80. The van der Waals surface area contributed by atoms with Crippen LogP contribution >= 0.6 is 0 Å². The third-order valence-electron chi connectivity index (χ3n) is 5.91. The van der Waals surface area contributed by atoms with Crippen LogP contribution in [0.1, 0.15) is 27.0 Å². The summed E-state index contributed by atoms with van der Waals surface area (Å²) in [5, 5.41) is 0. The van der Waals surface area contributed by atoms with E-state index >= 15 is 0 Å². The van der Waals surface area contributed by atoms with Crippen LogP contribution in [0.4, 0.5) is 0 Å². The molecule has 1 aliphatic carbocycles. The van der Waals surface area contributed by atoms with Crippen LogP contribution in [-0.4, -0.2) is 5.78 Å². The average Bonchev–Trinajstić information content (AvgIpc) is 3.27. The molecule has 1 saturated heterocycles. The maximum absolute atomic E-state index is 13.8. The lowest BCUT2D eigenvalue weighted by Crippen LogP contribution is -2.42. The Morgan fingerprint density at radius 2 is 0.968 bits per heavy atom. The first-order valence-corrected chi connectivity index (χ1v) is 10.2. The fraction of sp³-hybridized carbons (Fsp3) is 0.0741. The first-order chi connectivity index (χ1) is 15.2. The predicted molar refractivity (Wildman–Crippen MR) is 115 cm³/mol. The largest absolute Gasteiger partial charge is 0.295 e. The summed E-state index contributed by atoms with van der Waals surface area (Å²) in [7, 11) is 0. The van der Waals surface area contributed by atoms with Gasteiger partial charge in [-0.25, -0.2) is 0 Å². The Hall–Kier alpha value is -3.57.